The topological polar surface area (TPSA) is 95.9 Å². The Morgan fingerprint density at radius 2 is 2.17 bits per heavy atom. The number of ether oxygens (including phenoxy) is 1. The lowest BCUT2D eigenvalue weighted by molar-refractivity contribution is -0.142. The molecule has 1 atom stereocenters. The van der Waals surface area contributed by atoms with E-state index in [1.165, 1.54) is 0 Å². The molecular formula is C16H20N2O5. The molecule has 7 heteroatoms. The number of anilines is 1. The molecule has 124 valence electrons. The average molecular weight is 320 g/mol. The quantitative estimate of drug-likeness (QED) is 0.602. The van der Waals surface area contributed by atoms with Gasteiger partial charge in [-0.3, -0.25) is 4.79 Å². The highest BCUT2D eigenvalue weighted by molar-refractivity contribution is 5.91. The Labute approximate surface area is 134 Å². The zero-order valence-electron chi connectivity index (χ0n) is 13.2. The molecule has 1 unspecified atom stereocenters. The van der Waals surface area contributed by atoms with Crippen LogP contribution in [0.1, 0.15) is 25.3 Å². The molecule has 0 saturated heterocycles. The number of aryl methyl sites for hydroxylation is 1. The van der Waals surface area contributed by atoms with Crippen LogP contribution in [-0.2, 0) is 14.4 Å². The van der Waals surface area contributed by atoms with Crippen molar-refractivity contribution in [1.82, 2.24) is 5.32 Å². The lowest BCUT2D eigenvalue weighted by atomic mass is 10.1. The first-order valence-corrected chi connectivity index (χ1v) is 7.49. The minimum atomic E-state index is -1.06. The van der Waals surface area contributed by atoms with Crippen molar-refractivity contribution in [2.24, 2.45) is 0 Å². The molecule has 0 radical (unpaired) electrons. The zero-order chi connectivity index (χ0) is 17.0. The molecule has 0 saturated carbocycles. The van der Waals surface area contributed by atoms with E-state index in [4.69, 9.17) is 9.84 Å². The van der Waals surface area contributed by atoms with Gasteiger partial charge in [0.2, 0.25) is 5.91 Å². The third-order valence-electron chi connectivity index (χ3n) is 3.54. The van der Waals surface area contributed by atoms with Crippen LogP contribution in [0.3, 0.4) is 0 Å². The fraction of sp³-hybridized carbons (Fsp3) is 0.438. The minimum absolute atomic E-state index is 0.0466. The van der Waals surface area contributed by atoms with Gasteiger partial charge in [-0.25, -0.2) is 9.59 Å². The van der Waals surface area contributed by atoms with Crippen LogP contribution in [0.5, 0.6) is 5.75 Å². The summed E-state index contributed by atoms with van der Waals surface area (Å²) in [6.07, 6.45) is 1.01. The van der Waals surface area contributed by atoms with Crippen LogP contribution in [0, 0.1) is 6.92 Å². The molecule has 0 aliphatic carbocycles. The van der Waals surface area contributed by atoms with Crippen molar-refractivity contribution in [3.63, 3.8) is 0 Å². The maximum absolute atomic E-state index is 12.1. The third kappa shape index (κ3) is 4.21. The van der Waals surface area contributed by atoms with Crippen LogP contribution >= 0.6 is 0 Å². The number of nitrogens with one attached hydrogen (secondary N) is 1. The predicted molar refractivity (Wildman–Crippen MR) is 83.5 cm³/mol. The van der Waals surface area contributed by atoms with Crippen LogP contribution in [0.25, 0.3) is 0 Å². The maximum Gasteiger partial charge on any atom is 0.331 e. The Kier molecular flexibility index (Phi) is 5.20. The van der Waals surface area contributed by atoms with E-state index in [2.05, 4.69) is 5.32 Å². The van der Waals surface area contributed by atoms with Crippen molar-refractivity contribution in [3.05, 3.63) is 23.8 Å². The fourth-order valence-corrected chi connectivity index (χ4v) is 2.46. The number of rotatable bonds is 6. The third-order valence-corrected chi connectivity index (χ3v) is 3.54. The lowest BCUT2D eigenvalue weighted by Gasteiger charge is -2.29. The molecule has 0 aromatic heterocycles. The van der Waals surface area contributed by atoms with Crippen LogP contribution in [0.4, 0.5) is 5.69 Å². The summed E-state index contributed by atoms with van der Waals surface area (Å²) in [6.45, 7) is 3.58. The Balaban J connectivity index is 2.09. The summed E-state index contributed by atoms with van der Waals surface area (Å²) < 4.78 is 5.18. The van der Waals surface area contributed by atoms with Gasteiger partial charge in [-0.15, -0.1) is 0 Å². The number of benzene rings is 1. The molecule has 2 rings (SSSR count). The summed E-state index contributed by atoms with van der Waals surface area (Å²) in [4.78, 5) is 36.5. The largest absolute Gasteiger partial charge is 0.480 e. The van der Waals surface area contributed by atoms with E-state index in [1.807, 2.05) is 19.9 Å². The number of esters is 1. The monoisotopic (exact) mass is 320 g/mol. The van der Waals surface area contributed by atoms with Gasteiger partial charge in [-0.2, -0.15) is 0 Å². The molecule has 23 heavy (non-hydrogen) atoms. The summed E-state index contributed by atoms with van der Waals surface area (Å²) in [5.41, 5.74) is 1.59. The molecule has 2 N–H and O–H groups in total. The molecule has 1 aliphatic heterocycles. The second-order valence-corrected chi connectivity index (χ2v) is 5.55. The highest BCUT2D eigenvalue weighted by Gasteiger charge is 2.27. The fourth-order valence-electron chi connectivity index (χ4n) is 2.46. The minimum Gasteiger partial charge on any atom is -0.480 e. The van der Waals surface area contributed by atoms with Crippen LogP contribution in [0.15, 0.2) is 18.2 Å². The summed E-state index contributed by atoms with van der Waals surface area (Å²) in [5.74, 6) is -1.53. The maximum atomic E-state index is 12.1. The lowest BCUT2D eigenvalue weighted by Crippen LogP contribution is -2.48. The Morgan fingerprint density at radius 1 is 1.43 bits per heavy atom. The number of carboxylic acid groups (broad SMARTS) is 1. The summed E-state index contributed by atoms with van der Waals surface area (Å²) in [7, 11) is 0. The van der Waals surface area contributed by atoms with E-state index in [0.717, 1.165) is 5.56 Å². The van der Waals surface area contributed by atoms with Gasteiger partial charge in [0.1, 0.15) is 12.6 Å². The van der Waals surface area contributed by atoms with Crippen molar-refractivity contribution in [2.45, 2.75) is 32.7 Å². The van der Waals surface area contributed by atoms with Crippen molar-refractivity contribution in [2.75, 3.05) is 18.0 Å². The van der Waals surface area contributed by atoms with Gasteiger partial charge in [-0.05, 0) is 31.0 Å². The average Bonchev–Trinajstić information content (AvgIpc) is 2.45. The van der Waals surface area contributed by atoms with E-state index >= 15 is 0 Å². The number of hydrogen-bond donors (Lipinski definition) is 2. The molecule has 0 fully saturated rings. The van der Waals surface area contributed by atoms with E-state index in [0.29, 0.717) is 24.3 Å². The SMILES string of the molecule is CCCC(NC(=O)CN1CC(=O)Oc2cc(C)ccc21)C(=O)O. The summed E-state index contributed by atoms with van der Waals surface area (Å²) in [6, 6.07) is 4.46. The van der Waals surface area contributed by atoms with Gasteiger partial charge in [-0.1, -0.05) is 19.4 Å². The first-order chi connectivity index (χ1) is 10.9. The number of carbonyl (C=O) groups excluding carboxylic acids is 2. The second kappa shape index (κ2) is 7.13. The highest BCUT2D eigenvalue weighted by atomic mass is 16.5. The van der Waals surface area contributed by atoms with Gasteiger partial charge < -0.3 is 20.1 Å². The van der Waals surface area contributed by atoms with E-state index < -0.39 is 23.9 Å². The van der Waals surface area contributed by atoms with Crippen molar-refractivity contribution >= 4 is 23.5 Å². The number of aliphatic carboxylic acids is 1. The van der Waals surface area contributed by atoms with Gasteiger partial charge >= 0.3 is 11.9 Å². The highest BCUT2D eigenvalue weighted by Crippen LogP contribution is 2.32. The van der Waals surface area contributed by atoms with E-state index in [-0.39, 0.29) is 13.1 Å². The van der Waals surface area contributed by atoms with Crippen molar-refractivity contribution < 1.29 is 24.2 Å². The van der Waals surface area contributed by atoms with E-state index in [9.17, 15) is 14.4 Å². The Hall–Kier alpha value is -2.57. The Bertz CT molecular complexity index is 629. The number of nitrogens with zero attached hydrogens (tertiary/aromatic N) is 1. The molecule has 1 aromatic rings. The predicted octanol–water partition coefficient (Wildman–Crippen LogP) is 1.09. The summed E-state index contributed by atoms with van der Waals surface area (Å²) in [5, 5.41) is 11.6. The molecule has 1 amide bonds. The molecule has 0 bridgehead atoms. The van der Waals surface area contributed by atoms with Crippen LogP contribution < -0.4 is 15.0 Å². The molecule has 1 heterocycles. The normalized spacial score (nSPS) is 14.7. The first-order valence-electron chi connectivity index (χ1n) is 7.49. The summed E-state index contributed by atoms with van der Waals surface area (Å²) >= 11 is 0. The van der Waals surface area contributed by atoms with Gasteiger partial charge in [0.25, 0.3) is 0 Å². The smallest absolute Gasteiger partial charge is 0.331 e. The van der Waals surface area contributed by atoms with Gasteiger partial charge in [0.15, 0.2) is 5.75 Å². The second-order valence-electron chi connectivity index (χ2n) is 5.55. The standard InChI is InChI=1S/C16H20N2O5/c1-3-4-11(16(21)22)17-14(19)8-18-9-15(20)23-13-7-10(2)5-6-12(13)18/h5-7,11H,3-4,8-9H2,1-2H3,(H,17,19)(H,21,22). The number of amides is 1. The number of hydrogen-bond acceptors (Lipinski definition) is 5. The Morgan fingerprint density at radius 3 is 2.83 bits per heavy atom. The zero-order valence-corrected chi connectivity index (χ0v) is 13.2. The van der Waals surface area contributed by atoms with E-state index in [1.54, 1.807) is 17.0 Å². The number of carbonyl (C=O) groups is 3. The number of carboxylic acids is 1. The van der Waals surface area contributed by atoms with Crippen LogP contribution in [0.2, 0.25) is 0 Å². The van der Waals surface area contributed by atoms with Crippen molar-refractivity contribution in [3.8, 4) is 5.75 Å². The first kappa shape index (κ1) is 16.8. The molecular weight excluding hydrogens is 300 g/mol. The molecule has 1 aliphatic rings. The van der Waals surface area contributed by atoms with Crippen molar-refractivity contribution in [1.29, 1.82) is 0 Å². The number of fused-ring (bicyclic) bond motifs is 1. The van der Waals surface area contributed by atoms with Gasteiger partial charge in [0, 0.05) is 0 Å². The molecule has 0 spiro atoms. The van der Waals surface area contributed by atoms with Gasteiger partial charge in [0.05, 0.1) is 12.2 Å². The molecule has 7 nitrogen and oxygen atoms in total. The van der Waals surface area contributed by atoms with Crippen LogP contribution in [-0.4, -0.2) is 42.1 Å². The molecule has 1 aromatic carbocycles.